The zero-order chi connectivity index (χ0) is 10.4. The molecule has 2 atom stereocenters. The molecule has 0 amide bonds. The molecule has 1 saturated carbocycles. The molecule has 0 aromatic rings. The molecule has 84 valence electrons. The minimum Gasteiger partial charge on any atom is -0.317 e. The van der Waals surface area contributed by atoms with Crippen LogP contribution < -0.4 is 5.32 Å². The highest BCUT2D eigenvalue weighted by molar-refractivity contribution is 4.79. The summed E-state index contributed by atoms with van der Waals surface area (Å²) >= 11 is 0. The molecule has 0 radical (unpaired) electrons. The lowest BCUT2D eigenvalue weighted by atomic mass is 9.77. The van der Waals surface area contributed by atoms with Crippen LogP contribution in [0.2, 0.25) is 0 Å². The average Bonchev–Trinajstić information content (AvgIpc) is 2.26. The van der Waals surface area contributed by atoms with Crippen LogP contribution in [0.4, 0.5) is 0 Å². The summed E-state index contributed by atoms with van der Waals surface area (Å²) in [6, 6.07) is 0.753. The minimum atomic E-state index is 0.753. The van der Waals surface area contributed by atoms with Gasteiger partial charge >= 0.3 is 0 Å². The number of hydrogen-bond acceptors (Lipinski definition) is 1. The fourth-order valence-corrected chi connectivity index (χ4v) is 2.97. The summed E-state index contributed by atoms with van der Waals surface area (Å²) in [6.07, 6.45) is 10.0. The van der Waals surface area contributed by atoms with E-state index in [1.54, 1.807) is 0 Å². The van der Waals surface area contributed by atoms with Crippen LogP contribution in [0.15, 0.2) is 0 Å². The van der Waals surface area contributed by atoms with E-state index in [-0.39, 0.29) is 0 Å². The molecule has 0 saturated heterocycles. The molecule has 1 aliphatic rings. The molecular formula is C13H27N. The molecule has 2 unspecified atom stereocenters. The predicted molar refractivity (Wildman–Crippen MR) is 63.5 cm³/mol. The summed E-state index contributed by atoms with van der Waals surface area (Å²) in [5, 5.41) is 3.50. The third-order valence-electron chi connectivity index (χ3n) is 4.00. The van der Waals surface area contributed by atoms with E-state index in [2.05, 4.69) is 26.2 Å². The van der Waals surface area contributed by atoms with Crippen molar-refractivity contribution in [3.8, 4) is 0 Å². The molecule has 1 nitrogen and oxygen atoms in total. The Kier molecular flexibility index (Phi) is 5.54. The van der Waals surface area contributed by atoms with Gasteiger partial charge in [0.15, 0.2) is 0 Å². The normalized spacial score (nSPS) is 23.4. The quantitative estimate of drug-likeness (QED) is 0.710. The van der Waals surface area contributed by atoms with Gasteiger partial charge in [0, 0.05) is 6.04 Å². The van der Waals surface area contributed by atoms with Crippen LogP contribution in [-0.4, -0.2) is 13.1 Å². The van der Waals surface area contributed by atoms with Crippen LogP contribution in [0.25, 0.3) is 0 Å². The first-order valence-corrected chi connectivity index (χ1v) is 6.46. The first kappa shape index (κ1) is 12.0. The van der Waals surface area contributed by atoms with Gasteiger partial charge in [0.05, 0.1) is 0 Å². The van der Waals surface area contributed by atoms with Crippen LogP contribution in [0.1, 0.15) is 58.8 Å². The van der Waals surface area contributed by atoms with Gasteiger partial charge in [-0.3, -0.25) is 0 Å². The fraction of sp³-hybridized carbons (Fsp3) is 1.00. The monoisotopic (exact) mass is 197 g/mol. The molecule has 1 fully saturated rings. The first-order chi connectivity index (χ1) is 6.79. The van der Waals surface area contributed by atoms with Crippen molar-refractivity contribution in [2.45, 2.75) is 64.8 Å². The Bertz CT molecular complexity index is 133. The molecule has 1 aliphatic carbocycles. The Hall–Kier alpha value is -0.0400. The van der Waals surface area contributed by atoms with E-state index in [9.17, 15) is 0 Å². The summed E-state index contributed by atoms with van der Waals surface area (Å²) in [4.78, 5) is 0. The molecule has 0 heterocycles. The summed E-state index contributed by atoms with van der Waals surface area (Å²) in [6.45, 7) is 4.74. The summed E-state index contributed by atoms with van der Waals surface area (Å²) in [7, 11) is 2.12. The lowest BCUT2D eigenvalue weighted by molar-refractivity contribution is 0.209. The van der Waals surface area contributed by atoms with E-state index < -0.39 is 0 Å². The van der Waals surface area contributed by atoms with Crippen LogP contribution in [0, 0.1) is 11.8 Å². The molecule has 0 aromatic heterocycles. The molecule has 0 spiro atoms. The van der Waals surface area contributed by atoms with Crippen LogP contribution >= 0.6 is 0 Å². The van der Waals surface area contributed by atoms with Crippen molar-refractivity contribution in [2.24, 2.45) is 11.8 Å². The molecule has 0 aromatic carbocycles. The largest absolute Gasteiger partial charge is 0.317 e. The zero-order valence-electron chi connectivity index (χ0n) is 10.2. The maximum absolute atomic E-state index is 3.50. The van der Waals surface area contributed by atoms with E-state index >= 15 is 0 Å². The Morgan fingerprint density at radius 2 is 1.86 bits per heavy atom. The fourth-order valence-electron chi connectivity index (χ4n) is 2.97. The minimum absolute atomic E-state index is 0.753. The molecule has 1 rings (SSSR count). The predicted octanol–water partition coefficient (Wildman–Crippen LogP) is 3.59. The van der Waals surface area contributed by atoms with Crippen molar-refractivity contribution in [1.29, 1.82) is 0 Å². The number of hydrogen-bond donors (Lipinski definition) is 1. The van der Waals surface area contributed by atoms with Gasteiger partial charge in [0.2, 0.25) is 0 Å². The molecule has 1 N–H and O–H groups in total. The summed E-state index contributed by atoms with van der Waals surface area (Å²) < 4.78 is 0. The average molecular weight is 197 g/mol. The Morgan fingerprint density at radius 3 is 2.36 bits per heavy atom. The van der Waals surface area contributed by atoms with Crippen molar-refractivity contribution in [1.82, 2.24) is 5.32 Å². The number of rotatable bonds is 5. The zero-order valence-corrected chi connectivity index (χ0v) is 10.2. The second-order valence-corrected chi connectivity index (χ2v) is 4.94. The van der Waals surface area contributed by atoms with E-state index in [4.69, 9.17) is 0 Å². The van der Waals surface area contributed by atoms with Crippen molar-refractivity contribution in [3.63, 3.8) is 0 Å². The van der Waals surface area contributed by atoms with E-state index in [1.807, 2.05) is 0 Å². The maximum atomic E-state index is 3.50. The molecule has 0 aliphatic heterocycles. The molecule has 0 bridgehead atoms. The van der Waals surface area contributed by atoms with Crippen molar-refractivity contribution in [3.05, 3.63) is 0 Å². The van der Waals surface area contributed by atoms with E-state index in [1.165, 1.54) is 44.9 Å². The van der Waals surface area contributed by atoms with Gasteiger partial charge in [-0.2, -0.15) is 0 Å². The summed E-state index contributed by atoms with van der Waals surface area (Å²) in [5.74, 6) is 1.87. The Morgan fingerprint density at radius 1 is 1.21 bits per heavy atom. The van der Waals surface area contributed by atoms with Crippen molar-refractivity contribution < 1.29 is 0 Å². The van der Waals surface area contributed by atoms with E-state index in [0.29, 0.717) is 0 Å². The molecule has 1 heteroatoms. The molecule has 14 heavy (non-hydrogen) atoms. The highest BCUT2D eigenvalue weighted by atomic mass is 14.9. The Balaban J connectivity index is 2.38. The van der Waals surface area contributed by atoms with E-state index in [0.717, 1.165) is 17.9 Å². The highest BCUT2D eigenvalue weighted by Crippen LogP contribution is 2.32. The van der Waals surface area contributed by atoms with Gasteiger partial charge < -0.3 is 5.32 Å². The standard InChI is InChI=1S/C13H27N/c1-4-8-13(14-3)11(2)12-9-6-5-7-10-12/h11-14H,4-10H2,1-3H3. The van der Waals surface area contributed by atoms with Gasteiger partial charge in [-0.25, -0.2) is 0 Å². The van der Waals surface area contributed by atoms with Crippen molar-refractivity contribution in [2.75, 3.05) is 7.05 Å². The summed E-state index contributed by atoms with van der Waals surface area (Å²) in [5.41, 5.74) is 0. The van der Waals surface area contributed by atoms with Crippen LogP contribution in [0.3, 0.4) is 0 Å². The smallest absolute Gasteiger partial charge is 0.00922 e. The maximum Gasteiger partial charge on any atom is 0.00922 e. The first-order valence-electron chi connectivity index (χ1n) is 6.46. The van der Waals surface area contributed by atoms with Gasteiger partial charge in [0.25, 0.3) is 0 Å². The topological polar surface area (TPSA) is 12.0 Å². The lowest BCUT2D eigenvalue weighted by Crippen LogP contribution is -2.36. The SMILES string of the molecule is CCCC(NC)C(C)C1CCCCC1. The van der Waals surface area contributed by atoms with Gasteiger partial charge in [-0.05, 0) is 25.3 Å². The van der Waals surface area contributed by atoms with Gasteiger partial charge in [-0.1, -0.05) is 52.4 Å². The third-order valence-corrected chi connectivity index (χ3v) is 4.00. The van der Waals surface area contributed by atoms with Gasteiger partial charge in [0.1, 0.15) is 0 Å². The molecular weight excluding hydrogens is 170 g/mol. The van der Waals surface area contributed by atoms with Crippen LogP contribution in [0.5, 0.6) is 0 Å². The second-order valence-electron chi connectivity index (χ2n) is 4.94. The van der Waals surface area contributed by atoms with Crippen LogP contribution in [-0.2, 0) is 0 Å². The van der Waals surface area contributed by atoms with Crippen molar-refractivity contribution >= 4 is 0 Å². The lowest BCUT2D eigenvalue weighted by Gasteiger charge is -2.33. The van der Waals surface area contributed by atoms with Gasteiger partial charge in [-0.15, -0.1) is 0 Å². The highest BCUT2D eigenvalue weighted by Gasteiger charge is 2.25. The number of nitrogens with one attached hydrogen (secondary N) is 1. The Labute approximate surface area is 89.7 Å². The third kappa shape index (κ3) is 3.27. The second kappa shape index (κ2) is 6.44.